The summed E-state index contributed by atoms with van der Waals surface area (Å²) in [6.45, 7) is 6.97. The normalized spacial score (nSPS) is 11.4. The quantitative estimate of drug-likeness (QED) is 0.740. The molecular formula is C16H26N2O. The largest absolute Gasteiger partial charge is 0.330 e. The molecule has 0 spiro atoms. The van der Waals surface area contributed by atoms with Gasteiger partial charge in [-0.05, 0) is 24.1 Å². The van der Waals surface area contributed by atoms with Gasteiger partial charge in [-0.3, -0.25) is 4.79 Å². The van der Waals surface area contributed by atoms with Gasteiger partial charge in [-0.15, -0.1) is 0 Å². The molecule has 0 aliphatic rings. The molecule has 0 saturated carbocycles. The van der Waals surface area contributed by atoms with Gasteiger partial charge < -0.3 is 11.1 Å². The summed E-state index contributed by atoms with van der Waals surface area (Å²) < 4.78 is 0. The van der Waals surface area contributed by atoms with Crippen LogP contribution >= 0.6 is 0 Å². The van der Waals surface area contributed by atoms with Crippen molar-refractivity contribution in [1.82, 2.24) is 0 Å². The number of rotatable bonds is 7. The van der Waals surface area contributed by atoms with Crippen LogP contribution in [0.25, 0.3) is 0 Å². The molecular weight excluding hydrogens is 236 g/mol. The number of carbonyl (C=O) groups is 1. The zero-order valence-corrected chi connectivity index (χ0v) is 12.3. The molecule has 0 saturated heterocycles. The number of nitrogens with two attached hydrogens (primary N) is 1. The molecule has 0 radical (unpaired) electrons. The van der Waals surface area contributed by atoms with Crippen molar-refractivity contribution in [3.8, 4) is 0 Å². The molecule has 3 N–H and O–H groups in total. The number of nitrogens with one attached hydrogen (secondary N) is 1. The summed E-state index contributed by atoms with van der Waals surface area (Å²) in [5.74, 6) is 0.0966. The highest BCUT2D eigenvalue weighted by Gasteiger charge is 2.17. The van der Waals surface area contributed by atoms with Crippen LogP contribution in [0.15, 0.2) is 24.3 Å². The van der Waals surface area contributed by atoms with Crippen molar-refractivity contribution in [2.24, 2.45) is 5.73 Å². The van der Waals surface area contributed by atoms with E-state index in [1.165, 1.54) is 5.56 Å². The molecule has 0 aliphatic heterocycles. The molecule has 0 aliphatic carbocycles. The maximum Gasteiger partial charge on any atom is 0.224 e. The average Bonchev–Trinajstić information content (AvgIpc) is 2.39. The Hall–Kier alpha value is -1.35. The topological polar surface area (TPSA) is 55.1 Å². The minimum absolute atomic E-state index is 0.0241. The number of unbranched alkanes of at least 4 members (excludes halogenated alkanes) is 2. The van der Waals surface area contributed by atoms with Gasteiger partial charge in [-0.25, -0.2) is 0 Å². The van der Waals surface area contributed by atoms with Crippen LogP contribution in [0.3, 0.4) is 0 Å². The highest BCUT2D eigenvalue weighted by Crippen LogP contribution is 2.23. The lowest BCUT2D eigenvalue weighted by Gasteiger charge is -2.23. The summed E-state index contributed by atoms with van der Waals surface area (Å²) >= 11 is 0. The monoisotopic (exact) mass is 262 g/mol. The standard InChI is InChI=1S/C16H26N2O/c1-4-5-6-7-15(19)18-14-10-8-13(9-11-14)16(2,3)12-17/h8-11H,4-7,12,17H2,1-3H3,(H,18,19). The molecule has 1 aromatic carbocycles. The highest BCUT2D eigenvalue weighted by molar-refractivity contribution is 5.90. The van der Waals surface area contributed by atoms with E-state index in [1.807, 2.05) is 24.3 Å². The smallest absolute Gasteiger partial charge is 0.224 e. The van der Waals surface area contributed by atoms with E-state index in [1.54, 1.807) is 0 Å². The molecule has 1 aromatic rings. The van der Waals surface area contributed by atoms with Crippen molar-refractivity contribution in [2.75, 3.05) is 11.9 Å². The van der Waals surface area contributed by atoms with Crippen LogP contribution < -0.4 is 11.1 Å². The van der Waals surface area contributed by atoms with Crippen molar-refractivity contribution in [3.05, 3.63) is 29.8 Å². The average molecular weight is 262 g/mol. The maximum atomic E-state index is 11.7. The van der Waals surface area contributed by atoms with Crippen LogP contribution in [-0.2, 0) is 10.2 Å². The Morgan fingerprint density at radius 3 is 2.37 bits per heavy atom. The summed E-state index contributed by atoms with van der Waals surface area (Å²) in [5.41, 5.74) is 7.78. The van der Waals surface area contributed by atoms with Crippen molar-refractivity contribution in [2.45, 2.75) is 51.9 Å². The minimum atomic E-state index is -0.0241. The van der Waals surface area contributed by atoms with E-state index < -0.39 is 0 Å². The van der Waals surface area contributed by atoms with Crippen LogP contribution in [0.2, 0.25) is 0 Å². The van der Waals surface area contributed by atoms with E-state index in [2.05, 4.69) is 26.1 Å². The van der Waals surface area contributed by atoms with E-state index >= 15 is 0 Å². The Kier molecular flexibility index (Phi) is 6.03. The first-order valence-electron chi connectivity index (χ1n) is 7.10. The number of benzene rings is 1. The number of hydrogen-bond donors (Lipinski definition) is 2. The molecule has 1 rings (SSSR count). The van der Waals surface area contributed by atoms with Crippen LogP contribution in [0, 0.1) is 0 Å². The predicted molar refractivity (Wildman–Crippen MR) is 81.3 cm³/mol. The summed E-state index contributed by atoms with van der Waals surface area (Å²) in [6, 6.07) is 7.97. The van der Waals surface area contributed by atoms with E-state index in [-0.39, 0.29) is 11.3 Å². The molecule has 3 nitrogen and oxygen atoms in total. The van der Waals surface area contributed by atoms with Gasteiger partial charge in [0.05, 0.1) is 0 Å². The van der Waals surface area contributed by atoms with Crippen molar-refractivity contribution >= 4 is 11.6 Å². The highest BCUT2D eigenvalue weighted by atomic mass is 16.1. The number of hydrogen-bond acceptors (Lipinski definition) is 2. The van der Waals surface area contributed by atoms with Crippen LogP contribution in [0.1, 0.15) is 52.0 Å². The van der Waals surface area contributed by atoms with Gasteiger partial charge in [-0.1, -0.05) is 45.7 Å². The van der Waals surface area contributed by atoms with Gasteiger partial charge in [0.2, 0.25) is 5.91 Å². The number of amides is 1. The van der Waals surface area contributed by atoms with Crippen LogP contribution in [-0.4, -0.2) is 12.5 Å². The third kappa shape index (κ3) is 5.03. The fourth-order valence-electron chi connectivity index (χ4n) is 1.88. The summed E-state index contributed by atoms with van der Waals surface area (Å²) in [5, 5.41) is 2.93. The van der Waals surface area contributed by atoms with Gasteiger partial charge >= 0.3 is 0 Å². The second-order valence-electron chi connectivity index (χ2n) is 5.67. The Morgan fingerprint density at radius 2 is 1.84 bits per heavy atom. The first-order valence-corrected chi connectivity index (χ1v) is 7.10. The molecule has 106 valence electrons. The second-order valence-corrected chi connectivity index (χ2v) is 5.67. The lowest BCUT2D eigenvalue weighted by Crippen LogP contribution is -2.27. The zero-order valence-electron chi connectivity index (χ0n) is 12.3. The summed E-state index contributed by atoms with van der Waals surface area (Å²) in [6.07, 6.45) is 3.80. The Morgan fingerprint density at radius 1 is 1.21 bits per heavy atom. The Balaban J connectivity index is 2.55. The molecule has 1 amide bonds. The SMILES string of the molecule is CCCCCC(=O)Nc1ccc(C(C)(C)CN)cc1. The van der Waals surface area contributed by atoms with Gasteiger partial charge in [0, 0.05) is 24.1 Å². The van der Waals surface area contributed by atoms with Crippen molar-refractivity contribution in [3.63, 3.8) is 0 Å². The Labute approximate surface area is 116 Å². The molecule has 3 heteroatoms. The third-order valence-corrected chi connectivity index (χ3v) is 3.47. The van der Waals surface area contributed by atoms with Gasteiger partial charge in [0.25, 0.3) is 0 Å². The van der Waals surface area contributed by atoms with Crippen molar-refractivity contribution in [1.29, 1.82) is 0 Å². The second kappa shape index (κ2) is 7.29. The van der Waals surface area contributed by atoms with Gasteiger partial charge in [-0.2, -0.15) is 0 Å². The minimum Gasteiger partial charge on any atom is -0.330 e. The van der Waals surface area contributed by atoms with E-state index in [0.29, 0.717) is 13.0 Å². The zero-order chi connectivity index (χ0) is 14.3. The van der Waals surface area contributed by atoms with Crippen LogP contribution in [0.4, 0.5) is 5.69 Å². The maximum absolute atomic E-state index is 11.7. The van der Waals surface area contributed by atoms with E-state index in [4.69, 9.17) is 5.73 Å². The first-order chi connectivity index (χ1) is 8.99. The number of anilines is 1. The van der Waals surface area contributed by atoms with Gasteiger partial charge in [0.15, 0.2) is 0 Å². The fourth-order valence-corrected chi connectivity index (χ4v) is 1.88. The molecule has 0 aromatic heterocycles. The summed E-state index contributed by atoms with van der Waals surface area (Å²) in [7, 11) is 0. The van der Waals surface area contributed by atoms with Crippen LogP contribution in [0.5, 0.6) is 0 Å². The Bertz CT molecular complexity index is 396. The molecule has 0 heterocycles. The van der Waals surface area contributed by atoms with E-state index in [9.17, 15) is 4.79 Å². The summed E-state index contributed by atoms with van der Waals surface area (Å²) in [4.78, 5) is 11.7. The number of carbonyl (C=O) groups excluding carboxylic acids is 1. The molecule has 0 fully saturated rings. The molecule has 0 atom stereocenters. The fraction of sp³-hybridized carbons (Fsp3) is 0.562. The molecule has 19 heavy (non-hydrogen) atoms. The molecule has 0 unspecified atom stereocenters. The lowest BCUT2D eigenvalue weighted by molar-refractivity contribution is -0.116. The van der Waals surface area contributed by atoms with Gasteiger partial charge in [0.1, 0.15) is 0 Å². The predicted octanol–water partition coefficient (Wildman–Crippen LogP) is 3.44. The third-order valence-electron chi connectivity index (χ3n) is 3.47. The molecule has 0 bridgehead atoms. The van der Waals surface area contributed by atoms with E-state index in [0.717, 1.165) is 24.9 Å². The lowest BCUT2D eigenvalue weighted by atomic mass is 9.85. The van der Waals surface area contributed by atoms with Crippen molar-refractivity contribution < 1.29 is 4.79 Å². The first kappa shape index (κ1) is 15.7.